The van der Waals surface area contributed by atoms with Gasteiger partial charge in [-0.2, -0.15) is 0 Å². The van der Waals surface area contributed by atoms with Gasteiger partial charge in [0.15, 0.2) is 0 Å². The first-order chi connectivity index (χ1) is 16.4. The van der Waals surface area contributed by atoms with Gasteiger partial charge in [-0.1, -0.05) is 12.1 Å². The first-order valence-corrected chi connectivity index (χ1v) is 11.5. The Bertz CT molecular complexity index is 1220. The van der Waals surface area contributed by atoms with E-state index in [1.165, 1.54) is 0 Å². The van der Waals surface area contributed by atoms with E-state index in [2.05, 4.69) is 0 Å². The zero-order chi connectivity index (χ0) is 24.2. The number of amides is 2. The number of hydrogen-bond donors (Lipinski definition) is 0. The Balaban J connectivity index is 1.63. The molecule has 7 nitrogen and oxygen atoms in total. The highest BCUT2D eigenvalue weighted by molar-refractivity contribution is 6.00. The lowest BCUT2D eigenvalue weighted by molar-refractivity contribution is -0.135. The third kappa shape index (κ3) is 4.78. The number of carbonyl (C=O) groups is 2. The van der Waals surface area contributed by atoms with E-state index >= 15 is 0 Å². The summed E-state index contributed by atoms with van der Waals surface area (Å²) in [5, 5.41) is 0.940. The molecular weight excluding hydrogens is 432 g/mol. The molecule has 0 unspecified atom stereocenters. The van der Waals surface area contributed by atoms with Gasteiger partial charge in [0.2, 0.25) is 11.8 Å². The molecule has 0 aliphatic carbocycles. The zero-order valence-corrected chi connectivity index (χ0v) is 20.1. The van der Waals surface area contributed by atoms with Crippen molar-refractivity contribution in [3.8, 4) is 22.6 Å². The van der Waals surface area contributed by atoms with Crippen LogP contribution in [0, 0.1) is 0 Å². The number of piperazine rings is 1. The summed E-state index contributed by atoms with van der Waals surface area (Å²) in [7, 11) is 1.61. The highest BCUT2D eigenvalue weighted by atomic mass is 16.5. The number of benzene rings is 2. The second-order valence-electron chi connectivity index (χ2n) is 8.31. The first kappa shape index (κ1) is 23.4. The van der Waals surface area contributed by atoms with Crippen molar-refractivity contribution >= 4 is 28.4 Å². The highest BCUT2D eigenvalue weighted by Gasteiger charge is 2.22. The number of carbonyl (C=O) groups excluding carboxylic acids is 2. The number of rotatable bonds is 6. The average molecular weight is 463 g/mol. The summed E-state index contributed by atoms with van der Waals surface area (Å²) in [6.07, 6.45) is 3.38. The van der Waals surface area contributed by atoms with Crippen molar-refractivity contribution in [2.75, 3.05) is 39.9 Å². The number of allylic oxidation sites excluding steroid dienone is 1. The topological polar surface area (TPSA) is 72.2 Å². The van der Waals surface area contributed by atoms with Crippen LogP contribution in [-0.2, 0) is 9.59 Å². The van der Waals surface area contributed by atoms with E-state index in [1.54, 1.807) is 36.2 Å². The maximum absolute atomic E-state index is 12.9. The normalized spacial score (nSPS) is 14.4. The maximum Gasteiger partial charge on any atom is 0.246 e. The van der Waals surface area contributed by atoms with Crippen LogP contribution in [0.4, 0.5) is 0 Å². The summed E-state index contributed by atoms with van der Waals surface area (Å²) in [6, 6.07) is 11.8. The molecule has 0 saturated carbocycles. The summed E-state index contributed by atoms with van der Waals surface area (Å²) >= 11 is 0. The summed E-state index contributed by atoms with van der Waals surface area (Å²) in [6.45, 7) is 8.22. The Labute approximate surface area is 199 Å². The van der Waals surface area contributed by atoms with Gasteiger partial charge in [0.1, 0.15) is 17.1 Å². The fourth-order valence-corrected chi connectivity index (χ4v) is 4.25. The lowest BCUT2D eigenvalue weighted by Gasteiger charge is -2.33. The van der Waals surface area contributed by atoms with Crippen LogP contribution in [-0.4, -0.2) is 61.5 Å². The van der Waals surface area contributed by atoms with Gasteiger partial charge in [0.25, 0.3) is 0 Å². The van der Waals surface area contributed by atoms with Crippen molar-refractivity contribution in [3.05, 3.63) is 54.3 Å². The molecular formula is C27H30N2O5. The predicted molar refractivity (Wildman–Crippen MR) is 132 cm³/mol. The molecule has 0 N–H and O–H groups in total. The van der Waals surface area contributed by atoms with Crippen LogP contribution in [0.5, 0.6) is 11.5 Å². The van der Waals surface area contributed by atoms with Crippen molar-refractivity contribution in [1.29, 1.82) is 0 Å². The third-order valence-electron chi connectivity index (χ3n) is 6.17. The van der Waals surface area contributed by atoms with Gasteiger partial charge in [0, 0.05) is 61.8 Å². The minimum Gasteiger partial charge on any atom is -0.496 e. The number of furan rings is 1. The van der Waals surface area contributed by atoms with E-state index in [4.69, 9.17) is 13.9 Å². The van der Waals surface area contributed by atoms with Crippen molar-refractivity contribution in [2.24, 2.45) is 0 Å². The SMILES string of the molecule is CCOc1ccc(-c2coc3cc(OC)c(/C(C)=C/C(=O)N4CCN(C(C)=O)CC4)cc23)cc1. The minimum atomic E-state index is -0.0678. The number of ether oxygens (including phenoxy) is 2. The van der Waals surface area contributed by atoms with Crippen LogP contribution in [0.2, 0.25) is 0 Å². The summed E-state index contributed by atoms with van der Waals surface area (Å²) in [5.74, 6) is 1.44. The molecule has 1 saturated heterocycles. The summed E-state index contributed by atoms with van der Waals surface area (Å²) in [4.78, 5) is 28.0. The van der Waals surface area contributed by atoms with Crippen LogP contribution >= 0.6 is 0 Å². The molecule has 2 aromatic carbocycles. The molecule has 0 atom stereocenters. The third-order valence-corrected chi connectivity index (χ3v) is 6.17. The molecule has 4 rings (SSSR count). The number of methoxy groups -OCH3 is 1. The van der Waals surface area contributed by atoms with E-state index in [0.717, 1.165) is 33.4 Å². The fourth-order valence-electron chi connectivity index (χ4n) is 4.25. The number of nitrogens with zero attached hydrogens (tertiary/aromatic N) is 2. The average Bonchev–Trinajstić information content (AvgIpc) is 3.26. The minimum absolute atomic E-state index is 0.0420. The molecule has 0 spiro atoms. The lowest BCUT2D eigenvalue weighted by Crippen LogP contribution is -2.49. The van der Waals surface area contributed by atoms with Crippen LogP contribution in [0.15, 0.2) is 53.2 Å². The van der Waals surface area contributed by atoms with Gasteiger partial charge < -0.3 is 23.7 Å². The Hall–Kier alpha value is -3.74. The summed E-state index contributed by atoms with van der Waals surface area (Å²) < 4.78 is 17.0. The van der Waals surface area contributed by atoms with Crippen molar-refractivity contribution in [1.82, 2.24) is 9.80 Å². The Morgan fingerprint density at radius 1 is 1.03 bits per heavy atom. The molecule has 3 aromatic rings. The van der Waals surface area contributed by atoms with Crippen molar-refractivity contribution in [2.45, 2.75) is 20.8 Å². The second kappa shape index (κ2) is 10.0. The molecule has 1 fully saturated rings. The molecule has 2 heterocycles. The lowest BCUT2D eigenvalue weighted by atomic mass is 9.99. The van der Waals surface area contributed by atoms with E-state index < -0.39 is 0 Å². The quantitative estimate of drug-likeness (QED) is 0.501. The van der Waals surface area contributed by atoms with Crippen LogP contribution in [0.3, 0.4) is 0 Å². The van der Waals surface area contributed by atoms with Crippen LogP contribution in [0.1, 0.15) is 26.3 Å². The zero-order valence-electron chi connectivity index (χ0n) is 20.1. The molecule has 0 radical (unpaired) electrons. The molecule has 1 aliphatic heterocycles. The maximum atomic E-state index is 12.9. The summed E-state index contributed by atoms with van der Waals surface area (Å²) in [5.41, 5.74) is 4.32. The molecule has 2 amide bonds. The van der Waals surface area contributed by atoms with Crippen LogP contribution in [0.25, 0.3) is 27.7 Å². The molecule has 0 bridgehead atoms. The highest BCUT2D eigenvalue weighted by Crippen LogP contribution is 2.37. The number of fused-ring (bicyclic) bond motifs is 1. The standard InChI is InChI=1S/C27H30N2O5/c1-5-33-21-8-6-20(7-9-21)24-17-34-26-16-25(32-4)22(15-23(24)26)18(2)14-27(31)29-12-10-28(11-13-29)19(3)30/h6-9,14-17H,5,10-13H2,1-4H3/b18-14+. The second-order valence-corrected chi connectivity index (χ2v) is 8.31. The van der Waals surface area contributed by atoms with E-state index in [9.17, 15) is 9.59 Å². The van der Waals surface area contributed by atoms with Crippen molar-refractivity contribution < 1.29 is 23.5 Å². The molecule has 7 heteroatoms. The van der Waals surface area contributed by atoms with E-state index in [0.29, 0.717) is 44.1 Å². The number of hydrogen-bond acceptors (Lipinski definition) is 5. The Morgan fingerprint density at radius 3 is 2.32 bits per heavy atom. The van der Waals surface area contributed by atoms with Gasteiger partial charge in [-0.3, -0.25) is 9.59 Å². The molecule has 178 valence electrons. The van der Waals surface area contributed by atoms with Gasteiger partial charge >= 0.3 is 0 Å². The van der Waals surface area contributed by atoms with Crippen molar-refractivity contribution in [3.63, 3.8) is 0 Å². The van der Waals surface area contributed by atoms with Gasteiger partial charge in [0.05, 0.1) is 20.0 Å². The van der Waals surface area contributed by atoms with Gasteiger partial charge in [-0.15, -0.1) is 0 Å². The Morgan fingerprint density at radius 2 is 1.71 bits per heavy atom. The predicted octanol–water partition coefficient (Wildman–Crippen LogP) is 4.60. The Kier molecular flexibility index (Phi) is 6.91. The monoisotopic (exact) mass is 462 g/mol. The first-order valence-electron chi connectivity index (χ1n) is 11.5. The van der Waals surface area contributed by atoms with Gasteiger partial charge in [-0.25, -0.2) is 0 Å². The van der Waals surface area contributed by atoms with E-state index in [-0.39, 0.29) is 11.8 Å². The molecule has 34 heavy (non-hydrogen) atoms. The molecule has 1 aromatic heterocycles. The van der Waals surface area contributed by atoms with Crippen LogP contribution < -0.4 is 9.47 Å². The smallest absolute Gasteiger partial charge is 0.246 e. The fraction of sp³-hybridized carbons (Fsp3) is 0.333. The largest absolute Gasteiger partial charge is 0.496 e. The van der Waals surface area contributed by atoms with E-state index in [1.807, 2.05) is 50.2 Å². The van der Waals surface area contributed by atoms with Gasteiger partial charge in [-0.05, 0) is 43.2 Å². The molecule has 1 aliphatic rings.